The highest BCUT2D eigenvalue weighted by atomic mass is 16.3. The Labute approximate surface area is 98.5 Å². The van der Waals surface area contributed by atoms with Crippen LogP contribution >= 0.6 is 0 Å². The lowest BCUT2D eigenvalue weighted by Gasteiger charge is -2.40. The molecule has 88 valence electrons. The monoisotopic (exact) mass is 218 g/mol. The van der Waals surface area contributed by atoms with Crippen LogP contribution in [0.4, 0.5) is 0 Å². The van der Waals surface area contributed by atoms with Crippen LogP contribution in [0.15, 0.2) is 24.3 Å². The summed E-state index contributed by atoms with van der Waals surface area (Å²) in [5, 5.41) is 10.8. The highest BCUT2D eigenvalue weighted by Crippen LogP contribution is 2.43. The van der Waals surface area contributed by atoms with E-state index in [2.05, 4.69) is 32.9 Å². The maximum absolute atomic E-state index is 10.8. The lowest BCUT2D eigenvalue weighted by molar-refractivity contribution is -0.0340. The quantitative estimate of drug-likeness (QED) is 0.763. The average Bonchev–Trinajstić information content (AvgIpc) is 2.25. The number of rotatable bonds is 1. The van der Waals surface area contributed by atoms with Crippen LogP contribution in [0.25, 0.3) is 0 Å². The first-order valence-electron chi connectivity index (χ1n) is 6.31. The Morgan fingerprint density at radius 2 is 1.88 bits per heavy atom. The van der Waals surface area contributed by atoms with Gasteiger partial charge in [-0.25, -0.2) is 0 Å². The second-order valence-corrected chi connectivity index (χ2v) is 5.54. The molecule has 16 heavy (non-hydrogen) atoms. The van der Waals surface area contributed by atoms with Gasteiger partial charge < -0.3 is 5.11 Å². The van der Waals surface area contributed by atoms with Crippen LogP contribution in [0.5, 0.6) is 0 Å². The zero-order valence-corrected chi connectivity index (χ0v) is 10.5. The van der Waals surface area contributed by atoms with Crippen LogP contribution in [0.3, 0.4) is 0 Å². The molecule has 0 heterocycles. The first-order chi connectivity index (χ1) is 7.53. The van der Waals surface area contributed by atoms with Crippen LogP contribution in [-0.2, 0) is 5.60 Å². The molecule has 1 nitrogen and oxygen atoms in total. The second kappa shape index (κ2) is 4.21. The molecular weight excluding hydrogens is 196 g/mol. The summed E-state index contributed by atoms with van der Waals surface area (Å²) in [5.41, 5.74) is 1.76. The average molecular weight is 218 g/mol. The van der Waals surface area contributed by atoms with Crippen LogP contribution in [0.2, 0.25) is 0 Å². The molecular formula is C15H22O. The molecule has 2 rings (SSSR count). The van der Waals surface area contributed by atoms with E-state index < -0.39 is 5.60 Å². The fourth-order valence-corrected chi connectivity index (χ4v) is 2.93. The standard InChI is InChI=1S/C15H22O/c1-11-8-9-15(16,10-13(11)3)14-7-5-4-6-12(14)2/h4-7,11,13,16H,8-10H2,1-3H3. The van der Waals surface area contributed by atoms with Crippen molar-refractivity contribution in [2.24, 2.45) is 11.8 Å². The molecule has 1 aromatic rings. The minimum Gasteiger partial charge on any atom is -0.385 e. The summed E-state index contributed by atoms with van der Waals surface area (Å²) in [5.74, 6) is 1.35. The van der Waals surface area contributed by atoms with Crippen molar-refractivity contribution in [2.45, 2.75) is 45.6 Å². The van der Waals surface area contributed by atoms with Crippen molar-refractivity contribution in [2.75, 3.05) is 0 Å². The Hall–Kier alpha value is -0.820. The van der Waals surface area contributed by atoms with Crippen LogP contribution < -0.4 is 0 Å². The highest BCUT2D eigenvalue weighted by Gasteiger charge is 2.37. The molecule has 1 aliphatic carbocycles. The van der Waals surface area contributed by atoms with E-state index in [0.717, 1.165) is 30.7 Å². The van der Waals surface area contributed by atoms with Gasteiger partial charge in [0.1, 0.15) is 0 Å². The van der Waals surface area contributed by atoms with Gasteiger partial charge in [-0.2, -0.15) is 0 Å². The molecule has 0 spiro atoms. The van der Waals surface area contributed by atoms with Gasteiger partial charge in [-0.1, -0.05) is 38.1 Å². The lowest BCUT2D eigenvalue weighted by atomic mass is 9.70. The van der Waals surface area contributed by atoms with Gasteiger partial charge in [0.2, 0.25) is 0 Å². The van der Waals surface area contributed by atoms with Crippen molar-refractivity contribution < 1.29 is 5.11 Å². The molecule has 1 N–H and O–H groups in total. The highest BCUT2D eigenvalue weighted by molar-refractivity contribution is 5.31. The van der Waals surface area contributed by atoms with E-state index in [1.807, 2.05) is 12.1 Å². The van der Waals surface area contributed by atoms with Gasteiger partial charge in [0.05, 0.1) is 5.60 Å². The van der Waals surface area contributed by atoms with Crippen molar-refractivity contribution in [1.82, 2.24) is 0 Å². The third kappa shape index (κ3) is 2.01. The van der Waals surface area contributed by atoms with E-state index in [4.69, 9.17) is 0 Å². The Bertz CT molecular complexity index is 371. The predicted octanol–water partition coefficient (Wildman–Crippen LogP) is 3.64. The molecule has 3 unspecified atom stereocenters. The smallest absolute Gasteiger partial charge is 0.0901 e. The molecule has 0 amide bonds. The number of hydrogen-bond acceptors (Lipinski definition) is 1. The first-order valence-corrected chi connectivity index (χ1v) is 6.31. The summed E-state index contributed by atoms with van der Waals surface area (Å²) in [7, 11) is 0. The fourth-order valence-electron chi connectivity index (χ4n) is 2.93. The van der Waals surface area contributed by atoms with Gasteiger partial charge in [0.15, 0.2) is 0 Å². The largest absolute Gasteiger partial charge is 0.385 e. The van der Waals surface area contributed by atoms with E-state index in [9.17, 15) is 5.11 Å². The predicted molar refractivity (Wildman–Crippen MR) is 67.3 cm³/mol. The minimum absolute atomic E-state index is 0.586. The molecule has 0 radical (unpaired) electrons. The summed E-state index contributed by atoms with van der Waals surface area (Å²) >= 11 is 0. The summed E-state index contributed by atoms with van der Waals surface area (Å²) in [4.78, 5) is 0. The van der Waals surface area contributed by atoms with Crippen molar-refractivity contribution in [1.29, 1.82) is 0 Å². The third-order valence-corrected chi connectivity index (χ3v) is 4.29. The maximum Gasteiger partial charge on any atom is 0.0901 e. The van der Waals surface area contributed by atoms with Crippen molar-refractivity contribution in [3.8, 4) is 0 Å². The van der Waals surface area contributed by atoms with E-state index in [1.165, 1.54) is 5.56 Å². The maximum atomic E-state index is 10.8. The summed E-state index contributed by atoms with van der Waals surface area (Å²) in [6.45, 7) is 6.64. The summed E-state index contributed by atoms with van der Waals surface area (Å²) in [6, 6.07) is 8.24. The number of benzene rings is 1. The zero-order valence-electron chi connectivity index (χ0n) is 10.5. The normalized spacial score (nSPS) is 35.0. The Kier molecular flexibility index (Phi) is 3.07. The van der Waals surface area contributed by atoms with Gasteiger partial charge in [-0.3, -0.25) is 0 Å². The molecule has 1 aromatic carbocycles. The number of aryl methyl sites for hydroxylation is 1. The zero-order chi connectivity index (χ0) is 11.8. The molecule has 1 aliphatic rings. The van der Waals surface area contributed by atoms with E-state index >= 15 is 0 Å². The van der Waals surface area contributed by atoms with Crippen LogP contribution in [0, 0.1) is 18.8 Å². The van der Waals surface area contributed by atoms with E-state index in [-0.39, 0.29) is 0 Å². The number of aliphatic hydroxyl groups is 1. The van der Waals surface area contributed by atoms with Gasteiger partial charge >= 0.3 is 0 Å². The van der Waals surface area contributed by atoms with Gasteiger partial charge in [0.25, 0.3) is 0 Å². The summed E-state index contributed by atoms with van der Waals surface area (Å²) in [6.07, 6.45) is 2.94. The first kappa shape index (κ1) is 11.7. The van der Waals surface area contributed by atoms with Crippen LogP contribution in [-0.4, -0.2) is 5.11 Å². The van der Waals surface area contributed by atoms with Gasteiger partial charge in [-0.05, 0) is 49.1 Å². The van der Waals surface area contributed by atoms with E-state index in [1.54, 1.807) is 0 Å². The molecule has 1 heteroatoms. The Morgan fingerprint density at radius 3 is 2.50 bits per heavy atom. The molecule has 1 saturated carbocycles. The molecule has 0 bridgehead atoms. The Balaban J connectivity index is 2.29. The van der Waals surface area contributed by atoms with Crippen molar-refractivity contribution >= 4 is 0 Å². The SMILES string of the molecule is Cc1ccccc1C1(O)CCC(C)C(C)C1. The van der Waals surface area contributed by atoms with Crippen LogP contribution in [0.1, 0.15) is 44.2 Å². The minimum atomic E-state index is -0.586. The molecule has 3 atom stereocenters. The van der Waals surface area contributed by atoms with Gasteiger partial charge in [0, 0.05) is 0 Å². The molecule has 0 aromatic heterocycles. The topological polar surface area (TPSA) is 20.2 Å². The Morgan fingerprint density at radius 1 is 1.19 bits per heavy atom. The van der Waals surface area contributed by atoms with E-state index in [0.29, 0.717) is 5.92 Å². The summed E-state index contributed by atoms with van der Waals surface area (Å²) < 4.78 is 0. The third-order valence-electron chi connectivity index (χ3n) is 4.29. The van der Waals surface area contributed by atoms with Crippen molar-refractivity contribution in [3.05, 3.63) is 35.4 Å². The number of hydrogen-bond donors (Lipinski definition) is 1. The van der Waals surface area contributed by atoms with Gasteiger partial charge in [-0.15, -0.1) is 0 Å². The second-order valence-electron chi connectivity index (χ2n) is 5.54. The molecule has 0 saturated heterocycles. The molecule has 1 fully saturated rings. The molecule has 0 aliphatic heterocycles. The fraction of sp³-hybridized carbons (Fsp3) is 0.600. The lowest BCUT2D eigenvalue weighted by Crippen LogP contribution is -2.35. The van der Waals surface area contributed by atoms with Crippen molar-refractivity contribution in [3.63, 3.8) is 0 Å².